The number of oxazole rings is 1. The highest BCUT2D eigenvalue weighted by Gasteiger charge is 2.09. The minimum atomic E-state index is 0.684. The molecule has 18 heavy (non-hydrogen) atoms. The molecule has 1 aromatic carbocycles. The number of hydrogen-bond donors (Lipinski definition) is 1. The van der Waals surface area contributed by atoms with Crippen molar-refractivity contribution >= 4 is 27.7 Å². The molecule has 2 rings (SSSR count). The summed E-state index contributed by atoms with van der Waals surface area (Å²) in [7, 11) is 0. The Morgan fingerprint density at radius 1 is 1.44 bits per heavy atom. The van der Waals surface area contributed by atoms with Crippen molar-refractivity contribution in [2.24, 2.45) is 0 Å². The van der Waals surface area contributed by atoms with Gasteiger partial charge >= 0.3 is 0 Å². The lowest BCUT2D eigenvalue weighted by molar-refractivity contribution is 0.454. The summed E-state index contributed by atoms with van der Waals surface area (Å²) in [6.45, 7) is 5.83. The Morgan fingerprint density at radius 2 is 2.28 bits per heavy atom. The maximum Gasteiger partial charge on any atom is 0.260 e. The summed E-state index contributed by atoms with van der Waals surface area (Å²) in [6.07, 6.45) is 1.67. The van der Waals surface area contributed by atoms with Crippen molar-refractivity contribution in [2.75, 3.05) is 6.54 Å². The Labute approximate surface area is 120 Å². The zero-order valence-corrected chi connectivity index (χ0v) is 12.8. The number of halogens is 1. The Balaban J connectivity index is 2.21. The molecule has 1 N–H and O–H groups in total. The number of hydrogen-bond acceptors (Lipinski definition) is 4. The quantitative estimate of drug-likeness (QED) is 0.901. The second-order valence-electron chi connectivity index (χ2n) is 3.89. The van der Waals surface area contributed by atoms with Crippen molar-refractivity contribution < 1.29 is 4.42 Å². The Kier molecular flexibility index (Phi) is 4.86. The lowest BCUT2D eigenvalue weighted by Crippen LogP contribution is -2.12. The van der Waals surface area contributed by atoms with Crippen molar-refractivity contribution in [3.63, 3.8) is 0 Å². The van der Waals surface area contributed by atoms with Gasteiger partial charge < -0.3 is 9.73 Å². The van der Waals surface area contributed by atoms with Gasteiger partial charge in [-0.15, -0.1) is 0 Å². The van der Waals surface area contributed by atoms with E-state index in [1.165, 1.54) is 5.56 Å². The van der Waals surface area contributed by atoms with E-state index in [4.69, 9.17) is 4.42 Å². The van der Waals surface area contributed by atoms with Crippen molar-refractivity contribution in [1.82, 2.24) is 10.3 Å². The van der Waals surface area contributed by atoms with Gasteiger partial charge in [0.15, 0.2) is 0 Å². The van der Waals surface area contributed by atoms with Crippen LogP contribution in [0.2, 0.25) is 0 Å². The average Bonchev–Trinajstić information content (AvgIpc) is 2.74. The third-order valence-electron chi connectivity index (χ3n) is 2.39. The maximum atomic E-state index is 5.38. The van der Waals surface area contributed by atoms with Gasteiger partial charge in [0.1, 0.15) is 6.26 Å². The van der Waals surface area contributed by atoms with E-state index in [0.717, 1.165) is 28.2 Å². The molecule has 0 unspecified atom stereocenters. The molecule has 0 aliphatic rings. The van der Waals surface area contributed by atoms with Gasteiger partial charge in [-0.1, -0.05) is 28.9 Å². The molecule has 0 fully saturated rings. The molecule has 96 valence electrons. The topological polar surface area (TPSA) is 38.1 Å². The molecule has 0 atom stereocenters. The monoisotopic (exact) mass is 326 g/mol. The largest absolute Gasteiger partial charge is 0.439 e. The second-order valence-corrected chi connectivity index (χ2v) is 5.80. The lowest BCUT2D eigenvalue weighted by Gasteiger charge is -2.08. The summed E-state index contributed by atoms with van der Waals surface area (Å²) in [5.74, 6) is 0. The van der Waals surface area contributed by atoms with Gasteiger partial charge in [-0.25, -0.2) is 4.98 Å². The molecule has 5 heteroatoms. The van der Waals surface area contributed by atoms with Crippen LogP contribution in [0.3, 0.4) is 0 Å². The van der Waals surface area contributed by atoms with E-state index in [-0.39, 0.29) is 0 Å². The van der Waals surface area contributed by atoms with Crippen LogP contribution >= 0.6 is 27.7 Å². The van der Waals surface area contributed by atoms with Crippen LogP contribution in [0.15, 0.2) is 43.5 Å². The fourth-order valence-electron chi connectivity index (χ4n) is 1.50. The molecule has 2 aromatic rings. The maximum absolute atomic E-state index is 5.38. The van der Waals surface area contributed by atoms with Gasteiger partial charge in [-0.2, -0.15) is 0 Å². The van der Waals surface area contributed by atoms with Crippen molar-refractivity contribution in [3.05, 3.63) is 40.2 Å². The number of nitrogens with zero attached hydrogens (tertiary/aromatic N) is 1. The first kappa shape index (κ1) is 13.6. The Bertz CT molecular complexity index is 527. The molecule has 0 spiro atoms. The van der Waals surface area contributed by atoms with Crippen LogP contribution in [0.5, 0.6) is 0 Å². The molecule has 0 saturated heterocycles. The molecule has 0 aliphatic heterocycles. The smallest absolute Gasteiger partial charge is 0.260 e. The number of aromatic nitrogens is 1. The summed E-state index contributed by atoms with van der Waals surface area (Å²) >= 11 is 5.05. The molecule has 1 aromatic heterocycles. The van der Waals surface area contributed by atoms with E-state index in [1.54, 1.807) is 18.0 Å². The normalized spacial score (nSPS) is 10.8. The highest BCUT2D eigenvalue weighted by molar-refractivity contribution is 9.10. The molecule has 0 aliphatic carbocycles. The van der Waals surface area contributed by atoms with Crippen LogP contribution in [0.4, 0.5) is 0 Å². The van der Waals surface area contributed by atoms with Crippen LogP contribution < -0.4 is 5.32 Å². The van der Waals surface area contributed by atoms with Gasteiger partial charge in [0.25, 0.3) is 5.22 Å². The summed E-state index contributed by atoms with van der Waals surface area (Å²) < 4.78 is 6.45. The molecule has 0 bridgehead atoms. The van der Waals surface area contributed by atoms with E-state index in [9.17, 15) is 0 Å². The Hall–Kier alpha value is -0.780. The summed E-state index contributed by atoms with van der Waals surface area (Å²) in [6, 6.07) is 6.26. The average molecular weight is 327 g/mol. The standard InChI is InChI=1S/C13H15BrN2OS/c1-3-15-7-10-4-5-11(14)6-12(10)18-13-16-9(2)8-17-13/h4-6,8,15H,3,7H2,1-2H3. The van der Waals surface area contributed by atoms with Crippen LogP contribution in [0, 0.1) is 6.92 Å². The third kappa shape index (κ3) is 3.60. The molecule has 0 saturated carbocycles. The summed E-state index contributed by atoms with van der Waals surface area (Å²) in [4.78, 5) is 5.48. The predicted octanol–water partition coefficient (Wildman–Crippen LogP) is 4.01. The highest BCUT2D eigenvalue weighted by Crippen LogP contribution is 2.32. The first-order chi connectivity index (χ1) is 8.69. The van der Waals surface area contributed by atoms with Crippen LogP contribution in [-0.2, 0) is 6.54 Å². The molecular formula is C13H15BrN2OS. The number of aryl methyl sites for hydroxylation is 1. The van der Waals surface area contributed by atoms with Crippen molar-refractivity contribution in [3.8, 4) is 0 Å². The lowest BCUT2D eigenvalue weighted by atomic mass is 10.2. The molecular weight excluding hydrogens is 312 g/mol. The van der Waals surface area contributed by atoms with E-state index >= 15 is 0 Å². The summed E-state index contributed by atoms with van der Waals surface area (Å²) in [5, 5.41) is 4.02. The number of nitrogens with one attached hydrogen (secondary N) is 1. The third-order valence-corrected chi connectivity index (χ3v) is 3.85. The zero-order valence-electron chi connectivity index (χ0n) is 10.4. The molecule has 0 radical (unpaired) electrons. The predicted molar refractivity (Wildman–Crippen MR) is 76.9 cm³/mol. The second kappa shape index (κ2) is 6.41. The minimum Gasteiger partial charge on any atom is -0.439 e. The fourth-order valence-corrected chi connectivity index (χ4v) is 2.95. The van der Waals surface area contributed by atoms with Crippen molar-refractivity contribution in [1.29, 1.82) is 0 Å². The van der Waals surface area contributed by atoms with E-state index in [1.807, 2.05) is 6.92 Å². The molecule has 1 heterocycles. The van der Waals surface area contributed by atoms with E-state index < -0.39 is 0 Å². The minimum absolute atomic E-state index is 0.684. The van der Waals surface area contributed by atoms with Gasteiger partial charge in [-0.3, -0.25) is 0 Å². The first-order valence-corrected chi connectivity index (χ1v) is 7.39. The van der Waals surface area contributed by atoms with Crippen LogP contribution in [0.1, 0.15) is 18.2 Å². The zero-order chi connectivity index (χ0) is 13.0. The Morgan fingerprint density at radius 3 is 2.94 bits per heavy atom. The van der Waals surface area contributed by atoms with Gasteiger partial charge in [-0.05, 0) is 42.9 Å². The fraction of sp³-hybridized carbons (Fsp3) is 0.308. The van der Waals surface area contributed by atoms with Crippen LogP contribution in [0.25, 0.3) is 0 Å². The molecule has 3 nitrogen and oxygen atoms in total. The highest BCUT2D eigenvalue weighted by atomic mass is 79.9. The summed E-state index contributed by atoms with van der Waals surface area (Å²) in [5.41, 5.74) is 2.15. The first-order valence-electron chi connectivity index (χ1n) is 5.78. The van der Waals surface area contributed by atoms with E-state index in [2.05, 4.69) is 51.4 Å². The van der Waals surface area contributed by atoms with Gasteiger partial charge in [0.2, 0.25) is 0 Å². The van der Waals surface area contributed by atoms with Gasteiger partial charge in [0, 0.05) is 15.9 Å². The van der Waals surface area contributed by atoms with Crippen molar-refractivity contribution in [2.45, 2.75) is 30.5 Å². The molecule has 0 amide bonds. The van der Waals surface area contributed by atoms with Gasteiger partial charge in [0.05, 0.1) is 5.69 Å². The SMILES string of the molecule is CCNCc1ccc(Br)cc1Sc1nc(C)co1. The van der Waals surface area contributed by atoms with Crippen LogP contribution in [-0.4, -0.2) is 11.5 Å². The van der Waals surface area contributed by atoms with E-state index in [0.29, 0.717) is 5.22 Å². The number of rotatable bonds is 5. The number of benzene rings is 1.